The van der Waals surface area contributed by atoms with Gasteiger partial charge in [0.25, 0.3) is 0 Å². The Balaban J connectivity index is 1.85. The standard InChI is InChI=1S/C33H41BO4/c1-9-29(34-37-32(5,6)33(7,8)38-34)31(25-18-15-24(16-19-25)17-20-30(35)36-10-2)28-21-26-13-11-12-14-27(26)22(3)23(28)4/h11-23H,9-10H2,1-8H3/b20-17+,31-29+. The van der Waals surface area contributed by atoms with E-state index < -0.39 is 18.3 Å². The maximum Gasteiger partial charge on any atom is 0.491 e. The van der Waals surface area contributed by atoms with E-state index >= 15 is 0 Å². The predicted octanol–water partition coefficient (Wildman–Crippen LogP) is 7.89. The van der Waals surface area contributed by atoms with Gasteiger partial charge in [0.2, 0.25) is 0 Å². The molecule has 1 heterocycles. The summed E-state index contributed by atoms with van der Waals surface area (Å²) in [7, 11) is -0.427. The number of hydrogen-bond acceptors (Lipinski definition) is 4. The van der Waals surface area contributed by atoms with E-state index in [1.165, 1.54) is 28.3 Å². The second-order valence-corrected chi connectivity index (χ2v) is 11.4. The van der Waals surface area contributed by atoms with Crippen molar-refractivity contribution in [3.63, 3.8) is 0 Å². The zero-order chi connectivity index (χ0) is 27.7. The van der Waals surface area contributed by atoms with Crippen LogP contribution in [-0.4, -0.2) is 30.9 Å². The SMILES string of the molecule is CCOC(=O)/C=C/c1ccc(/C(C2=Cc3ccccc3C(C)C2C)=C(/CC)B2OC(C)(C)C(C)(C)O2)cc1. The average molecular weight is 512 g/mol. The van der Waals surface area contributed by atoms with Crippen molar-refractivity contribution >= 4 is 30.8 Å². The van der Waals surface area contributed by atoms with Gasteiger partial charge in [0.05, 0.1) is 17.8 Å². The zero-order valence-electron chi connectivity index (χ0n) is 24.1. The van der Waals surface area contributed by atoms with Crippen molar-refractivity contribution in [2.75, 3.05) is 6.61 Å². The van der Waals surface area contributed by atoms with Crippen molar-refractivity contribution in [3.8, 4) is 0 Å². The summed E-state index contributed by atoms with van der Waals surface area (Å²) in [5.41, 5.74) is 7.53. The van der Waals surface area contributed by atoms with E-state index in [0.717, 1.165) is 23.0 Å². The van der Waals surface area contributed by atoms with Gasteiger partial charge in [0.1, 0.15) is 0 Å². The number of carbonyl (C=O) groups excluding carboxylic acids is 1. The molecule has 2 aromatic carbocycles. The molecule has 0 saturated carbocycles. The molecule has 1 fully saturated rings. The van der Waals surface area contributed by atoms with Gasteiger partial charge in [0.15, 0.2) is 0 Å². The van der Waals surface area contributed by atoms with Crippen LogP contribution in [0.1, 0.15) is 90.0 Å². The summed E-state index contributed by atoms with van der Waals surface area (Å²) in [5, 5.41) is 0. The summed E-state index contributed by atoms with van der Waals surface area (Å²) in [6.45, 7) is 17.4. The fraction of sp³-hybridized carbons (Fsp3) is 0.424. The molecule has 200 valence electrons. The molecule has 0 spiro atoms. The monoisotopic (exact) mass is 512 g/mol. The van der Waals surface area contributed by atoms with Crippen LogP contribution in [-0.2, 0) is 18.8 Å². The molecule has 5 heteroatoms. The van der Waals surface area contributed by atoms with E-state index in [-0.39, 0.29) is 5.97 Å². The normalized spacial score (nSPS) is 22.6. The lowest BCUT2D eigenvalue weighted by Gasteiger charge is -2.33. The molecule has 2 aliphatic rings. The molecule has 1 aliphatic carbocycles. The second-order valence-electron chi connectivity index (χ2n) is 11.4. The van der Waals surface area contributed by atoms with Crippen molar-refractivity contribution in [2.24, 2.45) is 5.92 Å². The first kappa shape index (κ1) is 28.1. The lowest BCUT2D eigenvalue weighted by molar-refractivity contribution is -0.137. The third-order valence-electron chi connectivity index (χ3n) is 8.46. The van der Waals surface area contributed by atoms with E-state index in [1.54, 1.807) is 13.0 Å². The first-order chi connectivity index (χ1) is 18.0. The Hall–Kier alpha value is -2.89. The summed E-state index contributed by atoms with van der Waals surface area (Å²) in [4.78, 5) is 11.8. The Morgan fingerprint density at radius 1 is 0.947 bits per heavy atom. The largest absolute Gasteiger partial charge is 0.491 e. The summed E-state index contributed by atoms with van der Waals surface area (Å²) in [6, 6.07) is 17.1. The lowest BCUT2D eigenvalue weighted by atomic mass is 9.66. The van der Waals surface area contributed by atoms with Crippen LogP contribution in [0.15, 0.2) is 65.7 Å². The van der Waals surface area contributed by atoms with Crippen LogP contribution >= 0.6 is 0 Å². The van der Waals surface area contributed by atoms with Gasteiger partial charge in [-0.05, 0) is 97.8 Å². The van der Waals surface area contributed by atoms with Crippen molar-refractivity contribution in [2.45, 2.75) is 78.9 Å². The van der Waals surface area contributed by atoms with Gasteiger partial charge in [-0.1, -0.05) is 75.4 Å². The van der Waals surface area contributed by atoms with Gasteiger partial charge >= 0.3 is 13.1 Å². The summed E-state index contributed by atoms with van der Waals surface area (Å²) in [6.07, 6.45) is 6.42. The van der Waals surface area contributed by atoms with Crippen LogP contribution in [0.2, 0.25) is 0 Å². The number of carbonyl (C=O) groups is 1. The highest BCUT2D eigenvalue weighted by Gasteiger charge is 2.52. The minimum absolute atomic E-state index is 0.312. The van der Waals surface area contributed by atoms with Gasteiger partial charge < -0.3 is 14.0 Å². The molecule has 0 amide bonds. The van der Waals surface area contributed by atoms with E-state index in [9.17, 15) is 4.79 Å². The first-order valence-corrected chi connectivity index (χ1v) is 13.8. The Bertz CT molecular complexity index is 1250. The smallest absolute Gasteiger partial charge is 0.463 e. The molecule has 2 atom stereocenters. The van der Waals surface area contributed by atoms with Gasteiger partial charge in [-0.25, -0.2) is 4.79 Å². The van der Waals surface area contributed by atoms with Crippen LogP contribution in [0, 0.1) is 5.92 Å². The number of allylic oxidation sites excluding steroid dienone is 3. The molecule has 2 aromatic rings. The van der Waals surface area contributed by atoms with Gasteiger partial charge in [-0.2, -0.15) is 0 Å². The summed E-state index contributed by atoms with van der Waals surface area (Å²) in [5.74, 6) is 0.358. The van der Waals surface area contributed by atoms with Gasteiger partial charge in [0, 0.05) is 6.08 Å². The van der Waals surface area contributed by atoms with E-state index in [0.29, 0.717) is 18.4 Å². The molecule has 0 radical (unpaired) electrons. The highest BCUT2D eigenvalue weighted by molar-refractivity contribution is 6.56. The molecule has 0 N–H and O–H groups in total. The Morgan fingerprint density at radius 2 is 1.58 bits per heavy atom. The number of benzene rings is 2. The van der Waals surface area contributed by atoms with Crippen LogP contribution in [0.25, 0.3) is 17.7 Å². The fourth-order valence-corrected chi connectivity index (χ4v) is 5.29. The first-order valence-electron chi connectivity index (χ1n) is 13.8. The molecule has 38 heavy (non-hydrogen) atoms. The highest BCUT2D eigenvalue weighted by atomic mass is 16.7. The van der Waals surface area contributed by atoms with E-state index in [2.05, 4.69) is 90.9 Å². The topological polar surface area (TPSA) is 44.8 Å². The maximum atomic E-state index is 11.8. The number of fused-ring (bicyclic) bond motifs is 1. The molecule has 1 aliphatic heterocycles. The van der Waals surface area contributed by atoms with Gasteiger partial charge in [-0.3, -0.25) is 0 Å². The molecule has 0 aromatic heterocycles. The number of ether oxygens (including phenoxy) is 1. The third-order valence-corrected chi connectivity index (χ3v) is 8.46. The van der Waals surface area contributed by atoms with Crippen LogP contribution < -0.4 is 0 Å². The Labute approximate surface area is 228 Å². The van der Waals surface area contributed by atoms with Crippen molar-refractivity contribution in [3.05, 3.63) is 87.9 Å². The summed E-state index contributed by atoms with van der Waals surface area (Å²) >= 11 is 0. The molecule has 1 saturated heterocycles. The number of rotatable bonds is 7. The maximum absolute atomic E-state index is 11.8. The predicted molar refractivity (Wildman–Crippen MR) is 157 cm³/mol. The minimum Gasteiger partial charge on any atom is -0.463 e. The lowest BCUT2D eigenvalue weighted by Crippen LogP contribution is -2.41. The number of hydrogen-bond donors (Lipinski definition) is 0. The van der Waals surface area contributed by atoms with E-state index in [1.807, 2.05) is 12.1 Å². The molecule has 2 unspecified atom stereocenters. The molecular formula is C33H41BO4. The van der Waals surface area contributed by atoms with Crippen molar-refractivity contribution in [1.29, 1.82) is 0 Å². The van der Waals surface area contributed by atoms with Crippen molar-refractivity contribution < 1.29 is 18.8 Å². The summed E-state index contributed by atoms with van der Waals surface area (Å²) < 4.78 is 18.2. The van der Waals surface area contributed by atoms with E-state index in [4.69, 9.17) is 14.0 Å². The quantitative estimate of drug-likeness (QED) is 0.215. The van der Waals surface area contributed by atoms with Crippen LogP contribution in [0.4, 0.5) is 0 Å². The van der Waals surface area contributed by atoms with Crippen LogP contribution in [0.3, 0.4) is 0 Å². The fourth-order valence-electron chi connectivity index (χ4n) is 5.29. The zero-order valence-corrected chi connectivity index (χ0v) is 24.1. The Morgan fingerprint density at radius 3 is 2.18 bits per heavy atom. The molecular weight excluding hydrogens is 471 g/mol. The highest BCUT2D eigenvalue weighted by Crippen LogP contribution is 2.47. The van der Waals surface area contributed by atoms with Crippen LogP contribution in [0.5, 0.6) is 0 Å². The van der Waals surface area contributed by atoms with Gasteiger partial charge in [-0.15, -0.1) is 0 Å². The number of esters is 1. The second kappa shape index (κ2) is 11.1. The molecule has 4 nitrogen and oxygen atoms in total. The molecule has 4 rings (SSSR count). The Kier molecular flexibility index (Phi) is 8.20. The average Bonchev–Trinajstić information content (AvgIpc) is 3.10. The minimum atomic E-state index is -0.427. The third kappa shape index (κ3) is 5.46. The van der Waals surface area contributed by atoms with Crippen molar-refractivity contribution in [1.82, 2.24) is 0 Å². The molecule has 0 bridgehead atoms.